The van der Waals surface area contributed by atoms with Gasteiger partial charge in [-0.25, -0.2) is 0 Å². The van der Waals surface area contributed by atoms with Crippen molar-refractivity contribution in [1.82, 2.24) is 5.32 Å². The first-order valence-corrected chi connectivity index (χ1v) is 8.10. The van der Waals surface area contributed by atoms with Gasteiger partial charge in [0, 0.05) is 26.7 Å². The van der Waals surface area contributed by atoms with Crippen LogP contribution in [0.3, 0.4) is 0 Å². The SMILES string of the molecule is CN1CCN(CCCC2CCCNC2)c2ccccc21. The van der Waals surface area contributed by atoms with Gasteiger partial charge in [-0.3, -0.25) is 0 Å². The molecule has 3 heteroatoms. The smallest absolute Gasteiger partial charge is 0.0604 e. The second-order valence-electron chi connectivity index (χ2n) is 6.25. The van der Waals surface area contributed by atoms with Crippen molar-refractivity contribution in [3.63, 3.8) is 0 Å². The Labute approximate surface area is 123 Å². The number of hydrogen-bond donors (Lipinski definition) is 1. The van der Waals surface area contributed by atoms with Gasteiger partial charge in [-0.15, -0.1) is 0 Å². The van der Waals surface area contributed by atoms with Crippen LogP contribution in [-0.4, -0.2) is 39.8 Å². The molecular formula is C17H27N3. The third kappa shape index (κ3) is 3.09. The zero-order valence-corrected chi connectivity index (χ0v) is 12.6. The molecule has 0 spiro atoms. The molecule has 1 atom stereocenters. The molecule has 0 amide bonds. The van der Waals surface area contributed by atoms with Gasteiger partial charge in [-0.2, -0.15) is 0 Å². The number of para-hydroxylation sites is 2. The zero-order valence-electron chi connectivity index (χ0n) is 12.6. The minimum Gasteiger partial charge on any atom is -0.371 e. The van der Waals surface area contributed by atoms with Gasteiger partial charge in [0.15, 0.2) is 0 Å². The number of nitrogens with one attached hydrogen (secondary N) is 1. The van der Waals surface area contributed by atoms with Gasteiger partial charge >= 0.3 is 0 Å². The van der Waals surface area contributed by atoms with Gasteiger partial charge in [-0.05, 0) is 56.8 Å². The molecule has 1 fully saturated rings. The molecule has 3 rings (SSSR count). The van der Waals surface area contributed by atoms with E-state index in [0.717, 1.165) is 19.0 Å². The molecule has 20 heavy (non-hydrogen) atoms. The molecule has 2 aliphatic heterocycles. The van der Waals surface area contributed by atoms with E-state index in [0.29, 0.717) is 0 Å². The highest BCUT2D eigenvalue weighted by Gasteiger charge is 2.20. The summed E-state index contributed by atoms with van der Waals surface area (Å²) in [4.78, 5) is 4.95. The number of anilines is 2. The van der Waals surface area contributed by atoms with E-state index in [2.05, 4.69) is 46.4 Å². The lowest BCUT2D eigenvalue weighted by Gasteiger charge is -2.37. The first-order valence-electron chi connectivity index (χ1n) is 8.10. The van der Waals surface area contributed by atoms with Gasteiger partial charge in [-0.1, -0.05) is 12.1 Å². The molecule has 0 aromatic heterocycles. The number of rotatable bonds is 4. The van der Waals surface area contributed by atoms with Crippen molar-refractivity contribution in [3.05, 3.63) is 24.3 Å². The maximum absolute atomic E-state index is 3.52. The quantitative estimate of drug-likeness (QED) is 0.910. The van der Waals surface area contributed by atoms with Crippen LogP contribution in [0.4, 0.5) is 11.4 Å². The van der Waals surface area contributed by atoms with Gasteiger partial charge in [0.25, 0.3) is 0 Å². The molecule has 110 valence electrons. The molecule has 0 bridgehead atoms. The lowest BCUT2D eigenvalue weighted by molar-refractivity contribution is 0.351. The summed E-state index contributed by atoms with van der Waals surface area (Å²) in [5.41, 5.74) is 2.81. The van der Waals surface area contributed by atoms with Gasteiger partial charge in [0.05, 0.1) is 11.4 Å². The lowest BCUT2D eigenvalue weighted by Crippen LogP contribution is -2.40. The summed E-state index contributed by atoms with van der Waals surface area (Å²) >= 11 is 0. The van der Waals surface area contributed by atoms with E-state index >= 15 is 0 Å². The topological polar surface area (TPSA) is 18.5 Å². The van der Waals surface area contributed by atoms with Crippen molar-refractivity contribution >= 4 is 11.4 Å². The summed E-state index contributed by atoms with van der Waals surface area (Å²) in [5, 5.41) is 3.52. The average molecular weight is 273 g/mol. The number of likely N-dealkylation sites (N-methyl/N-ethyl adjacent to an activating group) is 1. The molecule has 1 saturated heterocycles. The molecule has 2 aliphatic rings. The zero-order chi connectivity index (χ0) is 13.8. The second-order valence-corrected chi connectivity index (χ2v) is 6.25. The van der Waals surface area contributed by atoms with E-state index in [4.69, 9.17) is 0 Å². The summed E-state index contributed by atoms with van der Waals surface area (Å²) in [7, 11) is 2.20. The van der Waals surface area contributed by atoms with E-state index in [1.165, 1.54) is 56.7 Å². The van der Waals surface area contributed by atoms with Crippen LogP contribution in [0.25, 0.3) is 0 Å². The maximum Gasteiger partial charge on any atom is 0.0604 e. The minimum atomic E-state index is 0.909. The highest BCUT2D eigenvalue weighted by Crippen LogP contribution is 2.32. The van der Waals surface area contributed by atoms with Crippen LogP contribution in [0.5, 0.6) is 0 Å². The average Bonchev–Trinajstić information content (AvgIpc) is 2.51. The number of nitrogens with zero attached hydrogens (tertiary/aromatic N) is 2. The molecule has 1 aromatic carbocycles. The first kappa shape index (κ1) is 13.7. The Kier molecular flexibility index (Phi) is 4.46. The Hall–Kier alpha value is -1.22. The fraction of sp³-hybridized carbons (Fsp3) is 0.647. The van der Waals surface area contributed by atoms with Gasteiger partial charge in [0.1, 0.15) is 0 Å². The molecule has 0 radical (unpaired) electrons. The predicted molar refractivity (Wildman–Crippen MR) is 86.8 cm³/mol. The third-order valence-corrected chi connectivity index (χ3v) is 4.78. The Morgan fingerprint density at radius 1 is 1.20 bits per heavy atom. The minimum absolute atomic E-state index is 0.909. The first-order chi connectivity index (χ1) is 9.84. The largest absolute Gasteiger partial charge is 0.371 e. The summed E-state index contributed by atoms with van der Waals surface area (Å²) in [6.45, 7) is 5.97. The van der Waals surface area contributed by atoms with Crippen molar-refractivity contribution in [2.45, 2.75) is 25.7 Å². The van der Waals surface area contributed by atoms with Gasteiger partial charge in [0.2, 0.25) is 0 Å². The molecule has 1 N–H and O–H groups in total. The molecule has 1 unspecified atom stereocenters. The summed E-state index contributed by atoms with van der Waals surface area (Å²) in [6, 6.07) is 8.82. The predicted octanol–water partition coefficient (Wildman–Crippen LogP) is 2.72. The van der Waals surface area contributed by atoms with Crippen molar-refractivity contribution in [3.8, 4) is 0 Å². The van der Waals surface area contributed by atoms with Crippen LogP contribution in [0.1, 0.15) is 25.7 Å². The Morgan fingerprint density at radius 2 is 2.05 bits per heavy atom. The van der Waals surface area contributed by atoms with E-state index in [-0.39, 0.29) is 0 Å². The van der Waals surface area contributed by atoms with E-state index in [1.54, 1.807) is 0 Å². The van der Waals surface area contributed by atoms with E-state index in [1.807, 2.05) is 0 Å². The molecule has 2 heterocycles. The highest BCUT2D eigenvalue weighted by atomic mass is 15.2. The van der Waals surface area contributed by atoms with E-state index in [9.17, 15) is 0 Å². The van der Waals surface area contributed by atoms with Crippen molar-refractivity contribution in [2.75, 3.05) is 49.6 Å². The standard InChI is InChI=1S/C17H27N3/c1-19-12-13-20(17-9-3-2-8-16(17)19)11-5-7-15-6-4-10-18-14-15/h2-3,8-9,15,18H,4-7,10-14H2,1H3. The van der Waals surface area contributed by atoms with Crippen molar-refractivity contribution in [1.29, 1.82) is 0 Å². The Bertz CT molecular complexity index is 426. The second kappa shape index (κ2) is 6.49. The number of benzene rings is 1. The lowest BCUT2D eigenvalue weighted by atomic mass is 9.94. The fourth-order valence-corrected chi connectivity index (χ4v) is 3.54. The molecule has 1 aromatic rings. The van der Waals surface area contributed by atoms with Crippen molar-refractivity contribution < 1.29 is 0 Å². The fourth-order valence-electron chi connectivity index (χ4n) is 3.54. The van der Waals surface area contributed by atoms with Crippen LogP contribution in [0.2, 0.25) is 0 Å². The monoisotopic (exact) mass is 273 g/mol. The maximum atomic E-state index is 3.52. The van der Waals surface area contributed by atoms with Crippen LogP contribution in [-0.2, 0) is 0 Å². The van der Waals surface area contributed by atoms with Crippen LogP contribution in [0.15, 0.2) is 24.3 Å². The molecule has 0 saturated carbocycles. The van der Waals surface area contributed by atoms with Gasteiger partial charge < -0.3 is 15.1 Å². The Balaban J connectivity index is 1.54. The number of fused-ring (bicyclic) bond motifs is 1. The molecule has 0 aliphatic carbocycles. The van der Waals surface area contributed by atoms with Crippen molar-refractivity contribution in [2.24, 2.45) is 5.92 Å². The summed E-state index contributed by atoms with van der Waals surface area (Å²) in [5.74, 6) is 0.909. The van der Waals surface area contributed by atoms with E-state index < -0.39 is 0 Å². The van der Waals surface area contributed by atoms with Crippen LogP contribution < -0.4 is 15.1 Å². The molecular weight excluding hydrogens is 246 g/mol. The molecule has 3 nitrogen and oxygen atoms in total. The summed E-state index contributed by atoms with van der Waals surface area (Å²) in [6.07, 6.45) is 5.49. The number of hydrogen-bond acceptors (Lipinski definition) is 3. The van der Waals surface area contributed by atoms with Crippen LogP contribution in [0, 0.1) is 5.92 Å². The highest BCUT2D eigenvalue weighted by molar-refractivity contribution is 5.72. The number of piperidine rings is 1. The Morgan fingerprint density at radius 3 is 2.85 bits per heavy atom. The normalized spacial score (nSPS) is 22.8. The third-order valence-electron chi connectivity index (χ3n) is 4.78. The van der Waals surface area contributed by atoms with Crippen LogP contribution >= 0.6 is 0 Å². The summed E-state index contributed by atoms with van der Waals surface area (Å²) < 4.78 is 0.